The van der Waals surface area contributed by atoms with Crippen LogP contribution in [0.4, 0.5) is 5.82 Å². The van der Waals surface area contributed by atoms with E-state index in [0.29, 0.717) is 23.1 Å². The molecule has 7 heteroatoms. The monoisotopic (exact) mass is 462 g/mol. The molecule has 0 radical (unpaired) electrons. The van der Waals surface area contributed by atoms with Crippen LogP contribution in [0.25, 0.3) is 22.3 Å². The Bertz CT molecular complexity index is 1210. The van der Waals surface area contributed by atoms with Crippen LogP contribution in [-0.2, 0) is 0 Å². The molecule has 6 nitrogen and oxygen atoms in total. The summed E-state index contributed by atoms with van der Waals surface area (Å²) < 4.78 is 11.6. The molecule has 1 N–H and O–H groups in total. The molecule has 30 heavy (non-hydrogen) atoms. The third-order valence-corrected chi connectivity index (χ3v) is 5.03. The smallest absolute Gasteiger partial charge is 0.162 e. The van der Waals surface area contributed by atoms with E-state index in [1.54, 1.807) is 20.4 Å². The first-order chi connectivity index (χ1) is 14.7. The van der Waals surface area contributed by atoms with E-state index in [1.165, 1.54) is 0 Å². The standard InChI is InChI=1S/C23H19BrN4O2/c1-29-20-12-7-15(13-21(20)30-2)14-25-28-23-18-5-3-4-6-19(18)26-22(27-23)16-8-10-17(24)11-9-16/h3-14H,1-2H3,(H,26,27,28)/b25-14+. The van der Waals surface area contributed by atoms with Crippen molar-refractivity contribution in [2.75, 3.05) is 19.6 Å². The summed E-state index contributed by atoms with van der Waals surface area (Å²) in [4.78, 5) is 9.39. The van der Waals surface area contributed by atoms with Crippen molar-refractivity contribution >= 4 is 38.9 Å². The molecule has 0 spiro atoms. The van der Waals surface area contributed by atoms with Gasteiger partial charge in [0.25, 0.3) is 0 Å². The molecule has 0 aliphatic rings. The van der Waals surface area contributed by atoms with Gasteiger partial charge < -0.3 is 9.47 Å². The summed E-state index contributed by atoms with van der Waals surface area (Å²) in [6.07, 6.45) is 1.71. The zero-order chi connectivity index (χ0) is 20.9. The number of hydrogen-bond donors (Lipinski definition) is 1. The van der Waals surface area contributed by atoms with E-state index in [2.05, 4.69) is 26.5 Å². The van der Waals surface area contributed by atoms with Gasteiger partial charge in [-0.3, -0.25) is 5.43 Å². The summed E-state index contributed by atoms with van der Waals surface area (Å²) in [5.41, 5.74) is 5.70. The molecule has 0 saturated carbocycles. The van der Waals surface area contributed by atoms with Gasteiger partial charge in [-0.05, 0) is 48.0 Å². The van der Waals surface area contributed by atoms with Gasteiger partial charge in [-0.2, -0.15) is 5.10 Å². The second-order valence-electron chi connectivity index (χ2n) is 6.40. The minimum Gasteiger partial charge on any atom is -0.493 e. The molecule has 0 unspecified atom stereocenters. The maximum absolute atomic E-state index is 5.34. The van der Waals surface area contributed by atoms with Crippen molar-refractivity contribution in [3.05, 3.63) is 76.8 Å². The summed E-state index contributed by atoms with van der Waals surface area (Å²) in [6, 6.07) is 21.3. The van der Waals surface area contributed by atoms with Gasteiger partial charge in [0.05, 0.1) is 26.0 Å². The highest BCUT2D eigenvalue weighted by atomic mass is 79.9. The van der Waals surface area contributed by atoms with E-state index in [0.717, 1.165) is 26.5 Å². The Morgan fingerprint density at radius 3 is 2.43 bits per heavy atom. The van der Waals surface area contributed by atoms with Crippen LogP contribution in [0.15, 0.2) is 76.3 Å². The number of halogens is 1. The Balaban J connectivity index is 1.66. The van der Waals surface area contributed by atoms with E-state index in [1.807, 2.05) is 66.7 Å². The second-order valence-corrected chi connectivity index (χ2v) is 7.32. The number of hydrogen-bond acceptors (Lipinski definition) is 6. The van der Waals surface area contributed by atoms with Gasteiger partial charge in [-0.15, -0.1) is 0 Å². The number of nitrogens with one attached hydrogen (secondary N) is 1. The zero-order valence-electron chi connectivity index (χ0n) is 16.5. The number of anilines is 1. The van der Waals surface area contributed by atoms with E-state index in [4.69, 9.17) is 19.4 Å². The average molecular weight is 463 g/mol. The molecule has 0 fully saturated rings. The highest BCUT2D eigenvalue weighted by molar-refractivity contribution is 9.10. The highest BCUT2D eigenvalue weighted by Gasteiger charge is 2.09. The number of nitrogens with zero attached hydrogens (tertiary/aromatic N) is 3. The van der Waals surface area contributed by atoms with Gasteiger partial charge in [0.1, 0.15) is 0 Å². The fourth-order valence-corrected chi connectivity index (χ4v) is 3.26. The van der Waals surface area contributed by atoms with E-state index in [9.17, 15) is 0 Å². The molecule has 0 saturated heterocycles. The van der Waals surface area contributed by atoms with E-state index >= 15 is 0 Å². The number of ether oxygens (including phenoxy) is 2. The van der Waals surface area contributed by atoms with Gasteiger partial charge >= 0.3 is 0 Å². The van der Waals surface area contributed by atoms with Crippen molar-refractivity contribution in [1.82, 2.24) is 9.97 Å². The fraction of sp³-hybridized carbons (Fsp3) is 0.0870. The molecule has 0 atom stereocenters. The van der Waals surface area contributed by atoms with Crippen LogP contribution in [0.2, 0.25) is 0 Å². The zero-order valence-corrected chi connectivity index (χ0v) is 18.1. The molecule has 4 aromatic rings. The first-order valence-corrected chi connectivity index (χ1v) is 10.0. The lowest BCUT2D eigenvalue weighted by Crippen LogP contribution is -1.99. The van der Waals surface area contributed by atoms with Crippen molar-refractivity contribution in [2.24, 2.45) is 5.10 Å². The predicted octanol–water partition coefficient (Wildman–Crippen LogP) is 5.52. The third kappa shape index (κ3) is 4.26. The van der Waals surface area contributed by atoms with E-state index < -0.39 is 0 Å². The number of aromatic nitrogens is 2. The maximum Gasteiger partial charge on any atom is 0.162 e. The van der Waals surface area contributed by atoms with Crippen LogP contribution in [0.3, 0.4) is 0 Å². The number of para-hydroxylation sites is 1. The van der Waals surface area contributed by atoms with Crippen molar-refractivity contribution < 1.29 is 9.47 Å². The van der Waals surface area contributed by atoms with Gasteiger partial charge in [-0.1, -0.05) is 40.2 Å². The van der Waals surface area contributed by atoms with Crippen LogP contribution in [-0.4, -0.2) is 30.4 Å². The first-order valence-electron chi connectivity index (χ1n) is 9.22. The molecule has 0 aliphatic heterocycles. The van der Waals surface area contributed by atoms with E-state index in [-0.39, 0.29) is 0 Å². The molecule has 0 amide bonds. The van der Waals surface area contributed by atoms with Gasteiger partial charge in [0, 0.05) is 15.4 Å². The van der Waals surface area contributed by atoms with Gasteiger partial charge in [0.15, 0.2) is 23.1 Å². The lowest BCUT2D eigenvalue weighted by atomic mass is 10.2. The fourth-order valence-electron chi connectivity index (χ4n) is 2.99. The number of fused-ring (bicyclic) bond motifs is 1. The van der Waals surface area contributed by atoms with Crippen LogP contribution >= 0.6 is 15.9 Å². The lowest BCUT2D eigenvalue weighted by Gasteiger charge is -2.09. The van der Waals surface area contributed by atoms with Crippen LogP contribution in [0, 0.1) is 0 Å². The van der Waals surface area contributed by atoms with Gasteiger partial charge in [0.2, 0.25) is 0 Å². The molecule has 3 aromatic carbocycles. The minimum atomic E-state index is 0.630. The Labute approximate surface area is 182 Å². The minimum absolute atomic E-state index is 0.630. The normalized spacial score (nSPS) is 11.0. The molecular formula is C23H19BrN4O2. The third-order valence-electron chi connectivity index (χ3n) is 4.50. The topological polar surface area (TPSA) is 68.6 Å². The van der Waals surface area contributed by atoms with Crippen LogP contribution < -0.4 is 14.9 Å². The summed E-state index contributed by atoms with van der Waals surface area (Å²) in [5, 5.41) is 5.26. The molecule has 1 aromatic heterocycles. The Hall–Kier alpha value is -3.45. The SMILES string of the molecule is COc1ccc(/C=N/Nc2nc(-c3ccc(Br)cc3)nc3ccccc23)cc1OC. The quantitative estimate of drug-likeness (QED) is 0.301. The molecule has 150 valence electrons. The van der Waals surface area contributed by atoms with Gasteiger partial charge in [-0.25, -0.2) is 9.97 Å². The summed E-state index contributed by atoms with van der Waals surface area (Å²) in [6.45, 7) is 0. The number of benzene rings is 3. The van der Waals surface area contributed by atoms with Crippen molar-refractivity contribution in [3.63, 3.8) is 0 Å². The number of methoxy groups -OCH3 is 2. The molecule has 1 heterocycles. The summed E-state index contributed by atoms with van der Waals surface area (Å²) >= 11 is 3.46. The maximum atomic E-state index is 5.34. The highest BCUT2D eigenvalue weighted by Crippen LogP contribution is 2.28. The van der Waals surface area contributed by atoms with Crippen LogP contribution in [0.1, 0.15) is 5.56 Å². The lowest BCUT2D eigenvalue weighted by molar-refractivity contribution is 0.355. The Morgan fingerprint density at radius 1 is 0.900 bits per heavy atom. The number of hydrazone groups is 1. The Morgan fingerprint density at radius 2 is 1.67 bits per heavy atom. The molecule has 4 rings (SSSR count). The second kappa shape index (κ2) is 8.92. The molecule has 0 aliphatic carbocycles. The largest absolute Gasteiger partial charge is 0.493 e. The first kappa shape index (κ1) is 19.8. The van der Waals surface area contributed by atoms with Crippen LogP contribution in [0.5, 0.6) is 11.5 Å². The number of rotatable bonds is 6. The van der Waals surface area contributed by atoms with Crippen molar-refractivity contribution in [1.29, 1.82) is 0 Å². The average Bonchev–Trinajstić information content (AvgIpc) is 2.79. The molecular weight excluding hydrogens is 444 g/mol. The van der Waals surface area contributed by atoms with Crippen molar-refractivity contribution in [3.8, 4) is 22.9 Å². The predicted molar refractivity (Wildman–Crippen MR) is 123 cm³/mol. The summed E-state index contributed by atoms with van der Waals surface area (Å²) in [7, 11) is 3.21. The van der Waals surface area contributed by atoms with Crippen molar-refractivity contribution in [2.45, 2.75) is 0 Å². The summed E-state index contributed by atoms with van der Waals surface area (Å²) in [5.74, 6) is 2.58. The Kier molecular flexibility index (Phi) is 5.90. The molecule has 0 bridgehead atoms.